The fourth-order valence-electron chi connectivity index (χ4n) is 3.13. The third kappa shape index (κ3) is 6.28. The van der Waals surface area contributed by atoms with Gasteiger partial charge in [-0.2, -0.15) is 0 Å². The van der Waals surface area contributed by atoms with E-state index < -0.39 is 11.9 Å². The lowest BCUT2D eigenvalue weighted by Gasteiger charge is -2.22. The van der Waals surface area contributed by atoms with Crippen LogP contribution in [0.5, 0.6) is 5.75 Å². The molecule has 2 amide bonds. The van der Waals surface area contributed by atoms with E-state index in [4.69, 9.17) is 4.74 Å². The highest BCUT2D eigenvalue weighted by Gasteiger charge is 2.24. The summed E-state index contributed by atoms with van der Waals surface area (Å²) >= 11 is 0. The average Bonchev–Trinajstić information content (AvgIpc) is 2.82. The van der Waals surface area contributed by atoms with Crippen LogP contribution in [0.4, 0.5) is 5.69 Å². The summed E-state index contributed by atoms with van der Waals surface area (Å²) in [5.41, 5.74) is 1.52. The minimum atomic E-state index is -0.754. The number of nitrogens with one attached hydrogen (secondary N) is 2. The van der Waals surface area contributed by atoms with E-state index >= 15 is 0 Å². The Morgan fingerprint density at radius 2 is 1.44 bits per heavy atom. The van der Waals surface area contributed by atoms with Gasteiger partial charge in [0, 0.05) is 16.8 Å². The van der Waals surface area contributed by atoms with Gasteiger partial charge in [-0.1, -0.05) is 74.5 Å². The maximum atomic E-state index is 12.9. The van der Waals surface area contributed by atoms with E-state index in [1.54, 1.807) is 60.7 Å². The van der Waals surface area contributed by atoms with Gasteiger partial charge in [-0.05, 0) is 30.2 Å². The summed E-state index contributed by atoms with van der Waals surface area (Å²) < 4.78 is 5.45. The molecule has 2 N–H and O–H groups in total. The predicted octanol–water partition coefficient (Wildman–Crippen LogP) is 4.08. The minimum absolute atomic E-state index is 0.131. The molecule has 0 aromatic heterocycles. The molecule has 0 saturated carbocycles. The van der Waals surface area contributed by atoms with Crippen LogP contribution < -0.4 is 15.4 Å². The number of carbonyl (C=O) groups excluding carboxylic acids is 3. The fourth-order valence-corrected chi connectivity index (χ4v) is 3.13. The summed E-state index contributed by atoms with van der Waals surface area (Å²) in [6, 6.07) is 23.9. The largest absolute Gasteiger partial charge is 0.484 e. The lowest BCUT2D eigenvalue weighted by molar-refractivity contribution is -0.128. The molecule has 0 aliphatic rings. The fraction of sp³-hybridized carbons (Fsp3) is 0.192. The monoisotopic (exact) mass is 430 g/mol. The number of hydrogen-bond donors (Lipinski definition) is 2. The number of hydrogen-bond acceptors (Lipinski definition) is 4. The highest BCUT2D eigenvalue weighted by atomic mass is 16.5. The Kier molecular flexibility index (Phi) is 7.75. The van der Waals surface area contributed by atoms with Crippen molar-refractivity contribution in [2.24, 2.45) is 5.92 Å². The molecule has 0 spiro atoms. The molecule has 0 fully saturated rings. The molecule has 0 saturated heterocycles. The standard InChI is InChI=1S/C26H26N2O4/c1-18(2)24(28-23(29)17-32-22-14-7-4-8-15-22)26(31)27-21-13-9-12-20(16-21)25(30)19-10-5-3-6-11-19/h3-16,18,24H,17H2,1-2H3,(H,27,31)(H,28,29). The molecule has 3 aromatic rings. The Hall–Kier alpha value is -3.93. The molecule has 6 nitrogen and oxygen atoms in total. The van der Waals surface area contributed by atoms with Crippen LogP contribution in [0.25, 0.3) is 0 Å². The zero-order chi connectivity index (χ0) is 22.9. The van der Waals surface area contributed by atoms with Gasteiger partial charge < -0.3 is 15.4 Å². The molecule has 0 bridgehead atoms. The quantitative estimate of drug-likeness (QED) is 0.501. The van der Waals surface area contributed by atoms with Crippen molar-refractivity contribution in [1.29, 1.82) is 0 Å². The van der Waals surface area contributed by atoms with Crippen LogP contribution in [0.15, 0.2) is 84.9 Å². The van der Waals surface area contributed by atoms with Crippen molar-refractivity contribution in [1.82, 2.24) is 5.32 Å². The van der Waals surface area contributed by atoms with Crippen LogP contribution in [-0.4, -0.2) is 30.2 Å². The lowest BCUT2D eigenvalue weighted by Crippen LogP contribution is -2.48. The van der Waals surface area contributed by atoms with E-state index in [0.29, 0.717) is 22.6 Å². The van der Waals surface area contributed by atoms with Crippen LogP contribution in [0, 0.1) is 5.92 Å². The number of rotatable bonds is 9. The third-order valence-corrected chi connectivity index (χ3v) is 4.81. The summed E-state index contributed by atoms with van der Waals surface area (Å²) in [7, 11) is 0. The van der Waals surface area contributed by atoms with Gasteiger partial charge in [0.2, 0.25) is 5.91 Å². The third-order valence-electron chi connectivity index (χ3n) is 4.81. The van der Waals surface area contributed by atoms with E-state index in [-0.39, 0.29) is 24.2 Å². The zero-order valence-corrected chi connectivity index (χ0v) is 18.1. The molecule has 0 aliphatic heterocycles. The van der Waals surface area contributed by atoms with Crippen molar-refractivity contribution in [3.05, 3.63) is 96.1 Å². The number of ether oxygens (including phenoxy) is 1. The maximum Gasteiger partial charge on any atom is 0.258 e. The van der Waals surface area contributed by atoms with Crippen molar-refractivity contribution in [2.75, 3.05) is 11.9 Å². The predicted molar refractivity (Wildman–Crippen MR) is 124 cm³/mol. The smallest absolute Gasteiger partial charge is 0.258 e. The van der Waals surface area contributed by atoms with Gasteiger partial charge in [0.05, 0.1) is 0 Å². The van der Waals surface area contributed by atoms with Gasteiger partial charge in [0.15, 0.2) is 12.4 Å². The average molecular weight is 431 g/mol. The summed E-state index contributed by atoms with van der Waals surface area (Å²) in [5.74, 6) is -0.459. The summed E-state index contributed by atoms with van der Waals surface area (Å²) in [5, 5.41) is 5.53. The van der Waals surface area contributed by atoms with Crippen LogP contribution in [0.3, 0.4) is 0 Å². The van der Waals surface area contributed by atoms with E-state index in [2.05, 4.69) is 10.6 Å². The van der Waals surface area contributed by atoms with Gasteiger partial charge in [0.1, 0.15) is 11.8 Å². The van der Waals surface area contributed by atoms with Crippen molar-refractivity contribution >= 4 is 23.3 Å². The molecule has 1 atom stereocenters. The molecule has 0 heterocycles. The van der Waals surface area contributed by atoms with E-state index in [1.807, 2.05) is 38.1 Å². The summed E-state index contributed by atoms with van der Waals surface area (Å²) in [6.07, 6.45) is 0. The second-order valence-electron chi connectivity index (χ2n) is 7.66. The van der Waals surface area contributed by atoms with Crippen molar-refractivity contribution in [2.45, 2.75) is 19.9 Å². The van der Waals surface area contributed by atoms with Crippen molar-refractivity contribution in [3.63, 3.8) is 0 Å². The first-order valence-electron chi connectivity index (χ1n) is 10.4. The first-order valence-corrected chi connectivity index (χ1v) is 10.4. The number of anilines is 1. The highest BCUT2D eigenvalue weighted by molar-refractivity contribution is 6.09. The molecule has 6 heteroatoms. The second-order valence-corrected chi connectivity index (χ2v) is 7.66. The number of benzene rings is 3. The van der Waals surface area contributed by atoms with Gasteiger partial charge in [-0.25, -0.2) is 0 Å². The number of ketones is 1. The van der Waals surface area contributed by atoms with Crippen LogP contribution in [0.1, 0.15) is 29.8 Å². The first kappa shape index (κ1) is 22.7. The van der Waals surface area contributed by atoms with Crippen LogP contribution >= 0.6 is 0 Å². The Balaban J connectivity index is 1.63. The van der Waals surface area contributed by atoms with Gasteiger partial charge >= 0.3 is 0 Å². The molecular formula is C26H26N2O4. The van der Waals surface area contributed by atoms with Crippen molar-refractivity contribution in [3.8, 4) is 5.75 Å². The number of para-hydroxylation sites is 1. The Morgan fingerprint density at radius 3 is 2.09 bits per heavy atom. The molecule has 3 rings (SSSR count). The Labute approximate surface area is 187 Å². The molecule has 0 aliphatic carbocycles. The molecule has 1 unspecified atom stereocenters. The normalized spacial score (nSPS) is 11.5. The summed E-state index contributed by atoms with van der Waals surface area (Å²) in [4.78, 5) is 37.9. The SMILES string of the molecule is CC(C)C(NC(=O)COc1ccccc1)C(=O)Nc1cccc(C(=O)c2ccccc2)c1. The first-order chi connectivity index (χ1) is 15.4. The van der Waals surface area contributed by atoms with E-state index in [1.165, 1.54) is 0 Å². The number of carbonyl (C=O) groups is 3. The molecule has 164 valence electrons. The Morgan fingerprint density at radius 1 is 0.812 bits per heavy atom. The molecule has 3 aromatic carbocycles. The van der Waals surface area contributed by atoms with Crippen molar-refractivity contribution < 1.29 is 19.1 Å². The maximum absolute atomic E-state index is 12.9. The van der Waals surface area contributed by atoms with E-state index in [0.717, 1.165) is 0 Å². The summed E-state index contributed by atoms with van der Waals surface area (Å²) in [6.45, 7) is 3.50. The van der Waals surface area contributed by atoms with E-state index in [9.17, 15) is 14.4 Å². The van der Waals surface area contributed by atoms with Crippen LogP contribution in [-0.2, 0) is 9.59 Å². The van der Waals surface area contributed by atoms with Crippen LogP contribution in [0.2, 0.25) is 0 Å². The minimum Gasteiger partial charge on any atom is -0.484 e. The van der Waals surface area contributed by atoms with Gasteiger partial charge in [-0.15, -0.1) is 0 Å². The molecule has 32 heavy (non-hydrogen) atoms. The topological polar surface area (TPSA) is 84.5 Å². The zero-order valence-electron chi connectivity index (χ0n) is 18.1. The van der Waals surface area contributed by atoms with Gasteiger partial charge in [0.25, 0.3) is 5.91 Å². The highest BCUT2D eigenvalue weighted by Crippen LogP contribution is 2.16. The molecular weight excluding hydrogens is 404 g/mol. The number of amides is 2. The lowest BCUT2D eigenvalue weighted by atomic mass is 10.0. The molecule has 0 radical (unpaired) electrons. The second kappa shape index (κ2) is 10.9. The van der Waals surface area contributed by atoms with Gasteiger partial charge in [-0.3, -0.25) is 14.4 Å². The Bertz CT molecular complexity index is 1070.